The molecule has 2 unspecified atom stereocenters. The lowest BCUT2D eigenvalue weighted by molar-refractivity contribution is 0.135. The van der Waals surface area contributed by atoms with Gasteiger partial charge in [0, 0.05) is 18.8 Å². The summed E-state index contributed by atoms with van der Waals surface area (Å²) < 4.78 is 27.3. The number of aromatic nitrogens is 2. The number of benzene rings is 1. The van der Waals surface area contributed by atoms with Crippen molar-refractivity contribution in [3.05, 3.63) is 47.3 Å². The standard InChI is InChI=1S/C18H21F2N3O/c1-23-9-12(17(21-23)18(19)20)10-24-22-16-5-3-2-4-13(16)15-8-14(15)11-6-7-11/h2-5,9,11,14-15,18,22H,6-8,10H2,1H3. The van der Waals surface area contributed by atoms with E-state index >= 15 is 0 Å². The van der Waals surface area contributed by atoms with Crippen LogP contribution < -0.4 is 5.48 Å². The van der Waals surface area contributed by atoms with Crippen LogP contribution in [0.4, 0.5) is 14.5 Å². The third kappa shape index (κ3) is 3.15. The summed E-state index contributed by atoms with van der Waals surface area (Å²) in [6.07, 6.45) is 2.96. The van der Waals surface area contributed by atoms with Gasteiger partial charge in [0.25, 0.3) is 6.43 Å². The average molecular weight is 333 g/mol. The summed E-state index contributed by atoms with van der Waals surface area (Å²) >= 11 is 0. The number of halogens is 2. The molecule has 1 aromatic carbocycles. The normalized spacial score (nSPS) is 22.8. The Bertz CT molecular complexity index is 727. The summed E-state index contributed by atoms with van der Waals surface area (Å²) in [5.41, 5.74) is 5.35. The van der Waals surface area contributed by atoms with Crippen molar-refractivity contribution in [1.82, 2.24) is 9.78 Å². The predicted octanol–water partition coefficient (Wildman–Crippen LogP) is 4.41. The first kappa shape index (κ1) is 15.6. The number of para-hydroxylation sites is 1. The van der Waals surface area contributed by atoms with Crippen LogP contribution in [0.5, 0.6) is 0 Å². The minimum Gasteiger partial charge on any atom is -0.275 e. The summed E-state index contributed by atoms with van der Waals surface area (Å²) in [5.74, 6) is 2.34. The van der Waals surface area contributed by atoms with Crippen LogP contribution in [0.2, 0.25) is 0 Å². The smallest absolute Gasteiger partial charge is 0.275 e. The van der Waals surface area contributed by atoms with Gasteiger partial charge in [0.05, 0.1) is 5.69 Å². The molecule has 1 aromatic heterocycles. The molecule has 24 heavy (non-hydrogen) atoms. The highest BCUT2D eigenvalue weighted by atomic mass is 19.3. The second-order valence-corrected chi connectivity index (χ2v) is 6.84. The molecule has 2 aromatic rings. The number of aryl methyl sites for hydroxylation is 1. The van der Waals surface area contributed by atoms with Gasteiger partial charge in [-0.2, -0.15) is 5.10 Å². The lowest BCUT2D eigenvalue weighted by atomic mass is 10.1. The molecule has 0 amide bonds. The zero-order valence-electron chi connectivity index (χ0n) is 13.6. The largest absolute Gasteiger partial charge is 0.282 e. The Hall–Kier alpha value is -1.95. The Kier molecular flexibility index (Phi) is 4.00. The van der Waals surface area contributed by atoms with Crippen molar-refractivity contribution in [3.8, 4) is 0 Å². The molecule has 2 saturated carbocycles. The third-order valence-electron chi connectivity index (χ3n) is 4.98. The van der Waals surface area contributed by atoms with Crippen molar-refractivity contribution in [2.45, 2.75) is 38.2 Å². The molecule has 1 heterocycles. The summed E-state index contributed by atoms with van der Waals surface area (Å²) in [4.78, 5) is 5.50. The Labute approximate surface area is 139 Å². The van der Waals surface area contributed by atoms with Crippen molar-refractivity contribution in [2.24, 2.45) is 18.9 Å². The van der Waals surface area contributed by atoms with Crippen LogP contribution in [-0.4, -0.2) is 9.78 Å². The van der Waals surface area contributed by atoms with Gasteiger partial charge in [-0.05, 0) is 48.6 Å². The molecule has 6 heteroatoms. The molecule has 0 bridgehead atoms. The molecule has 2 fully saturated rings. The van der Waals surface area contributed by atoms with Gasteiger partial charge in [-0.1, -0.05) is 18.2 Å². The Balaban J connectivity index is 1.40. The molecule has 1 N–H and O–H groups in total. The van der Waals surface area contributed by atoms with Gasteiger partial charge < -0.3 is 0 Å². The van der Waals surface area contributed by atoms with Gasteiger partial charge in [-0.25, -0.2) is 8.78 Å². The van der Waals surface area contributed by atoms with Crippen LogP contribution in [0.3, 0.4) is 0 Å². The number of hydrogen-bond donors (Lipinski definition) is 1. The van der Waals surface area contributed by atoms with Gasteiger partial charge in [0.15, 0.2) is 0 Å². The van der Waals surface area contributed by atoms with E-state index in [9.17, 15) is 8.78 Å². The van der Waals surface area contributed by atoms with Crippen LogP contribution in [0, 0.1) is 11.8 Å². The number of hydrogen-bond acceptors (Lipinski definition) is 3. The molecule has 0 spiro atoms. The molecule has 4 nitrogen and oxygen atoms in total. The minimum absolute atomic E-state index is 0.0541. The molecule has 0 radical (unpaired) electrons. The van der Waals surface area contributed by atoms with E-state index < -0.39 is 6.43 Å². The molecule has 2 aliphatic carbocycles. The van der Waals surface area contributed by atoms with E-state index in [2.05, 4.69) is 16.6 Å². The maximum absolute atomic E-state index is 12.9. The van der Waals surface area contributed by atoms with Crippen molar-refractivity contribution in [1.29, 1.82) is 0 Å². The van der Waals surface area contributed by atoms with Crippen molar-refractivity contribution in [2.75, 3.05) is 5.48 Å². The van der Waals surface area contributed by atoms with Gasteiger partial charge in [0.2, 0.25) is 0 Å². The number of nitrogens with zero attached hydrogens (tertiary/aromatic N) is 2. The van der Waals surface area contributed by atoms with Crippen LogP contribution in [-0.2, 0) is 18.5 Å². The molecule has 4 rings (SSSR count). The fourth-order valence-corrected chi connectivity index (χ4v) is 3.57. The Morgan fingerprint density at radius 3 is 2.88 bits per heavy atom. The highest BCUT2D eigenvalue weighted by Gasteiger charge is 2.48. The topological polar surface area (TPSA) is 39.1 Å². The average Bonchev–Trinajstić information content (AvgIpc) is 3.44. The number of anilines is 1. The number of rotatable bonds is 7. The first-order chi connectivity index (χ1) is 11.6. The second-order valence-electron chi connectivity index (χ2n) is 6.84. The predicted molar refractivity (Wildman–Crippen MR) is 86.6 cm³/mol. The lowest BCUT2D eigenvalue weighted by Gasteiger charge is -2.12. The van der Waals surface area contributed by atoms with E-state index in [0.29, 0.717) is 11.5 Å². The zero-order valence-corrected chi connectivity index (χ0v) is 13.6. The minimum atomic E-state index is -2.59. The van der Waals surface area contributed by atoms with Crippen molar-refractivity contribution >= 4 is 5.69 Å². The maximum Gasteiger partial charge on any atom is 0.282 e. The molecule has 2 atom stereocenters. The van der Waals surface area contributed by atoms with E-state index in [4.69, 9.17) is 4.84 Å². The lowest BCUT2D eigenvalue weighted by Crippen LogP contribution is -2.05. The first-order valence-electron chi connectivity index (χ1n) is 8.40. The molecule has 128 valence electrons. The van der Waals surface area contributed by atoms with Crippen LogP contribution in [0.1, 0.15) is 48.4 Å². The van der Waals surface area contributed by atoms with Gasteiger partial charge in [-0.15, -0.1) is 0 Å². The van der Waals surface area contributed by atoms with Gasteiger partial charge in [0.1, 0.15) is 12.3 Å². The van der Waals surface area contributed by atoms with E-state index in [1.54, 1.807) is 13.2 Å². The SMILES string of the molecule is Cn1cc(CONc2ccccc2C2CC2C2CC2)c(C(F)F)n1. The fourth-order valence-electron chi connectivity index (χ4n) is 3.57. The van der Waals surface area contributed by atoms with Crippen molar-refractivity contribution in [3.63, 3.8) is 0 Å². The molecular formula is C18H21F2N3O. The maximum atomic E-state index is 12.9. The quantitative estimate of drug-likeness (QED) is 0.763. The van der Waals surface area contributed by atoms with E-state index in [0.717, 1.165) is 17.5 Å². The first-order valence-corrected chi connectivity index (χ1v) is 8.40. The molecular weight excluding hydrogens is 312 g/mol. The summed E-state index contributed by atoms with van der Waals surface area (Å²) in [6, 6.07) is 8.11. The van der Waals surface area contributed by atoms with Crippen molar-refractivity contribution < 1.29 is 13.6 Å². The van der Waals surface area contributed by atoms with Gasteiger partial charge in [-0.3, -0.25) is 15.0 Å². The summed E-state index contributed by atoms with van der Waals surface area (Å²) in [5, 5.41) is 3.79. The third-order valence-corrected chi connectivity index (χ3v) is 4.98. The monoisotopic (exact) mass is 333 g/mol. The van der Waals surface area contributed by atoms with Crippen LogP contribution in [0.25, 0.3) is 0 Å². The molecule has 2 aliphatic rings. The van der Waals surface area contributed by atoms with Gasteiger partial charge >= 0.3 is 0 Å². The van der Waals surface area contributed by atoms with E-state index in [-0.39, 0.29) is 12.3 Å². The highest BCUT2D eigenvalue weighted by molar-refractivity contribution is 5.53. The molecule has 0 aliphatic heterocycles. The summed E-state index contributed by atoms with van der Waals surface area (Å²) in [7, 11) is 1.63. The van der Waals surface area contributed by atoms with E-state index in [1.807, 2.05) is 18.2 Å². The van der Waals surface area contributed by atoms with E-state index in [1.165, 1.54) is 29.5 Å². The number of alkyl halides is 2. The van der Waals surface area contributed by atoms with Crippen LogP contribution >= 0.6 is 0 Å². The highest BCUT2D eigenvalue weighted by Crippen LogP contribution is 2.60. The fraction of sp³-hybridized carbons (Fsp3) is 0.500. The molecule has 0 saturated heterocycles. The Morgan fingerprint density at radius 1 is 1.33 bits per heavy atom. The summed E-state index contributed by atoms with van der Waals surface area (Å²) in [6.45, 7) is 0.0541. The second kappa shape index (κ2) is 6.16. The number of nitrogens with one attached hydrogen (secondary N) is 1. The zero-order chi connectivity index (χ0) is 16.7. The van der Waals surface area contributed by atoms with Crippen LogP contribution in [0.15, 0.2) is 30.5 Å². The Morgan fingerprint density at radius 2 is 2.12 bits per heavy atom.